The number of ether oxygens (including phenoxy) is 1. The van der Waals surface area contributed by atoms with Gasteiger partial charge < -0.3 is 20.1 Å². The Hall–Kier alpha value is -2.08. The smallest absolute Gasteiger partial charge is 0.322 e. The van der Waals surface area contributed by atoms with E-state index >= 15 is 0 Å². The van der Waals surface area contributed by atoms with Crippen molar-refractivity contribution in [3.05, 3.63) is 29.8 Å². The molecular weight excluding hydrogens is 272 g/mol. The SMILES string of the molecule is CCN(C(=O)Nc1ccc(CC(=O)O)cc1)C(C)COC. The van der Waals surface area contributed by atoms with Crippen molar-refractivity contribution >= 4 is 17.7 Å². The van der Waals surface area contributed by atoms with Gasteiger partial charge in [0.15, 0.2) is 0 Å². The number of carbonyl (C=O) groups excluding carboxylic acids is 1. The first-order valence-corrected chi connectivity index (χ1v) is 6.85. The topological polar surface area (TPSA) is 78.9 Å². The minimum Gasteiger partial charge on any atom is -0.481 e. The van der Waals surface area contributed by atoms with Crippen molar-refractivity contribution in [3.63, 3.8) is 0 Å². The van der Waals surface area contributed by atoms with Crippen molar-refractivity contribution in [2.24, 2.45) is 0 Å². The molecule has 116 valence electrons. The summed E-state index contributed by atoms with van der Waals surface area (Å²) in [6.45, 7) is 4.87. The largest absolute Gasteiger partial charge is 0.481 e. The lowest BCUT2D eigenvalue weighted by molar-refractivity contribution is -0.136. The lowest BCUT2D eigenvalue weighted by atomic mass is 10.1. The molecule has 1 atom stereocenters. The first-order chi connectivity index (χ1) is 9.97. The summed E-state index contributed by atoms with van der Waals surface area (Å²) in [6, 6.07) is 6.56. The predicted molar refractivity (Wildman–Crippen MR) is 80.5 cm³/mol. The summed E-state index contributed by atoms with van der Waals surface area (Å²) in [5.41, 5.74) is 1.33. The van der Waals surface area contributed by atoms with Gasteiger partial charge in [-0.1, -0.05) is 12.1 Å². The van der Waals surface area contributed by atoms with Gasteiger partial charge in [0.2, 0.25) is 0 Å². The van der Waals surface area contributed by atoms with E-state index in [0.29, 0.717) is 24.4 Å². The number of nitrogens with one attached hydrogen (secondary N) is 1. The summed E-state index contributed by atoms with van der Waals surface area (Å²) in [4.78, 5) is 24.5. The quantitative estimate of drug-likeness (QED) is 0.808. The zero-order valence-electron chi connectivity index (χ0n) is 12.6. The van der Waals surface area contributed by atoms with E-state index in [1.807, 2.05) is 13.8 Å². The van der Waals surface area contributed by atoms with Gasteiger partial charge in [-0.3, -0.25) is 4.79 Å². The lowest BCUT2D eigenvalue weighted by Gasteiger charge is -2.27. The van der Waals surface area contributed by atoms with E-state index < -0.39 is 5.97 Å². The van der Waals surface area contributed by atoms with Gasteiger partial charge in [-0.2, -0.15) is 0 Å². The van der Waals surface area contributed by atoms with Crippen LogP contribution in [0.25, 0.3) is 0 Å². The molecule has 0 aliphatic heterocycles. The Kier molecular flexibility index (Phi) is 6.68. The van der Waals surface area contributed by atoms with E-state index in [9.17, 15) is 9.59 Å². The maximum absolute atomic E-state index is 12.2. The second-order valence-electron chi connectivity index (χ2n) is 4.79. The number of carboxylic acids is 1. The Labute approximate surface area is 124 Å². The third-order valence-electron chi connectivity index (χ3n) is 3.10. The number of nitrogens with zero attached hydrogens (tertiary/aromatic N) is 1. The highest BCUT2D eigenvalue weighted by atomic mass is 16.5. The summed E-state index contributed by atoms with van der Waals surface area (Å²) in [6.07, 6.45) is -0.0276. The molecule has 0 heterocycles. The summed E-state index contributed by atoms with van der Waals surface area (Å²) in [5.74, 6) is -0.877. The maximum Gasteiger partial charge on any atom is 0.322 e. The zero-order valence-corrected chi connectivity index (χ0v) is 12.6. The molecule has 0 aliphatic carbocycles. The third-order valence-corrected chi connectivity index (χ3v) is 3.10. The highest BCUT2D eigenvalue weighted by Crippen LogP contribution is 2.12. The van der Waals surface area contributed by atoms with Crippen LogP contribution in [-0.2, 0) is 16.0 Å². The molecule has 0 fully saturated rings. The van der Waals surface area contributed by atoms with E-state index in [1.54, 1.807) is 36.3 Å². The van der Waals surface area contributed by atoms with Gasteiger partial charge in [-0.15, -0.1) is 0 Å². The van der Waals surface area contributed by atoms with Gasteiger partial charge in [0.05, 0.1) is 19.1 Å². The molecule has 1 rings (SSSR count). The first kappa shape index (κ1) is 17.0. The Morgan fingerprint density at radius 3 is 2.43 bits per heavy atom. The maximum atomic E-state index is 12.2. The number of rotatable bonds is 7. The number of hydrogen-bond donors (Lipinski definition) is 2. The zero-order chi connectivity index (χ0) is 15.8. The second-order valence-corrected chi connectivity index (χ2v) is 4.79. The van der Waals surface area contributed by atoms with E-state index in [1.165, 1.54) is 0 Å². The first-order valence-electron chi connectivity index (χ1n) is 6.85. The molecule has 2 N–H and O–H groups in total. The molecule has 0 spiro atoms. The van der Waals surface area contributed by atoms with E-state index in [-0.39, 0.29) is 18.5 Å². The standard InChI is InChI=1S/C15H22N2O4/c1-4-17(11(2)10-21-3)15(20)16-13-7-5-12(6-8-13)9-14(18)19/h5-8,11H,4,9-10H2,1-3H3,(H,16,20)(H,18,19). The van der Waals surface area contributed by atoms with Crippen LogP contribution in [0.2, 0.25) is 0 Å². The van der Waals surface area contributed by atoms with E-state index in [2.05, 4.69) is 5.32 Å². The van der Waals surface area contributed by atoms with Gasteiger partial charge in [0.25, 0.3) is 0 Å². The Morgan fingerprint density at radius 1 is 1.33 bits per heavy atom. The van der Waals surface area contributed by atoms with Crippen LogP contribution < -0.4 is 5.32 Å². The number of carbonyl (C=O) groups is 2. The predicted octanol–water partition coefficient (Wildman–Crippen LogP) is 2.20. The summed E-state index contributed by atoms with van der Waals surface area (Å²) >= 11 is 0. The van der Waals surface area contributed by atoms with Gasteiger partial charge in [0.1, 0.15) is 0 Å². The molecule has 6 heteroatoms. The van der Waals surface area contributed by atoms with Crippen LogP contribution in [0.3, 0.4) is 0 Å². The molecule has 2 amide bonds. The fourth-order valence-corrected chi connectivity index (χ4v) is 2.06. The molecule has 0 radical (unpaired) electrons. The van der Waals surface area contributed by atoms with Crippen LogP contribution in [0.1, 0.15) is 19.4 Å². The summed E-state index contributed by atoms with van der Waals surface area (Å²) in [7, 11) is 1.60. The lowest BCUT2D eigenvalue weighted by Crippen LogP contribution is -2.43. The molecular formula is C15H22N2O4. The molecule has 0 saturated heterocycles. The van der Waals surface area contributed by atoms with Gasteiger partial charge in [-0.05, 0) is 31.5 Å². The van der Waals surface area contributed by atoms with Gasteiger partial charge >= 0.3 is 12.0 Å². The monoisotopic (exact) mass is 294 g/mol. The van der Waals surface area contributed by atoms with Crippen LogP contribution in [0, 0.1) is 0 Å². The van der Waals surface area contributed by atoms with Crippen molar-refractivity contribution < 1.29 is 19.4 Å². The number of carboxylic acid groups (broad SMARTS) is 1. The molecule has 0 aliphatic rings. The third kappa shape index (κ3) is 5.43. The fraction of sp³-hybridized carbons (Fsp3) is 0.467. The highest BCUT2D eigenvalue weighted by molar-refractivity contribution is 5.89. The van der Waals surface area contributed by atoms with Crippen molar-refractivity contribution in [1.29, 1.82) is 0 Å². The summed E-state index contributed by atoms with van der Waals surface area (Å²) in [5, 5.41) is 11.5. The normalized spacial score (nSPS) is 11.8. The Bertz CT molecular complexity index is 473. The van der Waals surface area contributed by atoms with Crippen LogP contribution in [0.4, 0.5) is 10.5 Å². The average Bonchev–Trinajstić information content (AvgIpc) is 2.41. The Balaban J connectivity index is 2.66. The minimum atomic E-state index is -0.877. The molecule has 1 aromatic carbocycles. The number of urea groups is 1. The molecule has 6 nitrogen and oxygen atoms in total. The fourth-order valence-electron chi connectivity index (χ4n) is 2.06. The molecule has 1 aromatic rings. The number of hydrogen-bond acceptors (Lipinski definition) is 3. The van der Waals surface area contributed by atoms with Crippen LogP contribution in [0.15, 0.2) is 24.3 Å². The van der Waals surface area contributed by atoms with Gasteiger partial charge in [-0.25, -0.2) is 4.79 Å². The van der Waals surface area contributed by atoms with E-state index in [0.717, 1.165) is 0 Å². The van der Waals surface area contributed by atoms with Crippen molar-refractivity contribution in [3.8, 4) is 0 Å². The number of aliphatic carboxylic acids is 1. The van der Waals surface area contributed by atoms with Crippen LogP contribution in [-0.4, -0.2) is 48.3 Å². The van der Waals surface area contributed by atoms with Crippen molar-refractivity contribution in [2.45, 2.75) is 26.3 Å². The molecule has 0 bridgehead atoms. The molecule has 1 unspecified atom stereocenters. The van der Waals surface area contributed by atoms with E-state index in [4.69, 9.17) is 9.84 Å². The minimum absolute atomic E-state index is 0.0220. The number of methoxy groups -OCH3 is 1. The number of likely N-dealkylation sites (N-methyl/N-ethyl adjacent to an activating group) is 1. The van der Waals surface area contributed by atoms with Crippen LogP contribution >= 0.6 is 0 Å². The summed E-state index contributed by atoms with van der Waals surface area (Å²) < 4.78 is 5.06. The van der Waals surface area contributed by atoms with Crippen molar-refractivity contribution in [2.75, 3.05) is 25.6 Å². The average molecular weight is 294 g/mol. The highest BCUT2D eigenvalue weighted by Gasteiger charge is 2.18. The number of anilines is 1. The molecule has 0 saturated carbocycles. The van der Waals surface area contributed by atoms with Crippen molar-refractivity contribution in [1.82, 2.24) is 4.90 Å². The molecule has 0 aromatic heterocycles. The van der Waals surface area contributed by atoms with Crippen LogP contribution in [0.5, 0.6) is 0 Å². The second kappa shape index (κ2) is 8.26. The number of amides is 2. The Morgan fingerprint density at radius 2 is 1.95 bits per heavy atom. The number of benzene rings is 1. The molecule has 21 heavy (non-hydrogen) atoms. The van der Waals surface area contributed by atoms with Gasteiger partial charge in [0, 0.05) is 19.3 Å².